The summed E-state index contributed by atoms with van der Waals surface area (Å²) in [7, 11) is -2.69. The van der Waals surface area contributed by atoms with Gasteiger partial charge in [0, 0.05) is 24.3 Å². The Hall–Kier alpha value is -1.80. The number of epoxide rings is 1. The predicted molar refractivity (Wildman–Crippen MR) is 177 cm³/mol. The number of rotatable bonds is 14. The van der Waals surface area contributed by atoms with Gasteiger partial charge in [-0.15, -0.1) is 0 Å². The van der Waals surface area contributed by atoms with E-state index in [4.69, 9.17) is 18.6 Å². The molecule has 2 heterocycles. The predicted octanol–water partition coefficient (Wildman–Crippen LogP) is 7.42. The minimum absolute atomic E-state index is 0.00644. The molecule has 0 aliphatic carbocycles. The molecule has 4 nitrogen and oxygen atoms in total. The molecule has 5 rings (SSSR count). The summed E-state index contributed by atoms with van der Waals surface area (Å²) in [6, 6.07) is 32.2. The molecule has 226 valence electrons. The van der Waals surface area contributed by atoms with E-state index >= 15 is 0 Å². The Morgan fingerprint density at radius 2 is 1.43 bits per heavy atom. The average molecular weight is 652 g/mol. The topological polar surface area (TPSA) is 40.2 Å². The van der Waals surface area contributed by atoms with Crippen molar-refractivity contribution < 1.29 is 18.6 Å². The number of hydrogen-bond donors (Lipinski definition) is 0. The fraction of sp³-hybridized carbons (Fsp3) is 0.500. The third kappa shape index (κ3) is 7.46. The Bertz CT molecular complexity index is 1180. The van der Waals surface area contributed by atoms with Crippen LogP contribution in [-0.2, 0) is 25.2 Å². The van der Waals surface area contributed by atoms with E-state index in [1.54, 1.807) is 0 Å². The van der Waals surface area contributed by atoms with Gasteiger partial charge in [0.25, 0.3) is 8.32 Å². The van der Waals surface area contributed by atoms with E-state index in [1.165, 1.54) is 15.9 Å². The lowest BCUT2D eigenvalue weighted by Gasteiger charge is -2.45. The van der Waals surface area contributed by atoms with Gasteiger partial charge in [0.15, 0.2) is 0 Å². The number of ether oxygens (including phenoxy) is 3. The van der Waals surface area contributed by atoms with Crippen molar-refractivity contribution in [1.29, 1.82) is 0 Å². The van der Waals surface area contributed by atoms with Gasteiger partial charge >= 0.3 is 0 Å². The summed E-state index contributed by atoms with van der Waals surface area (Å²) in [5.41, 5.74) is 1.22. The maximum atomic E-state index is 7.61. The van der Waals surface area contributed by atoms with Crippen LogP contribution in [0.1, 0.15) is 65.4 Å². The third-order valence-electron chi connectivity index (χ3n) is 8.81. The van der Waals surface area contributed by atoms with Crippen LogP contribution >= 0.6 is 15.9 Å². The van der Waals surface area contributed by atoms with Crippen molar-refractivity contribution >= 4 is 34.6 Å². The molecule has 42 heavy (non-hydrogen) atoms. The van der Waals surface area contributed by atoms with E-state index in [9.17, 15) is 0 Å². The first-order chi connectivity index (χ1) is 20.3. The molecule has 0 saturated carbocycles. The molecule has 1 unspecified atom stereocenters. The number of alkyl halides is 1. The minimum atomic E-state index is -2.69. The highest BCUT2D eigenvalue weighted by Crippen LogP contribution is 2.43. The molecule has 0 amide bonds. The zero-order chi connectivity index (χ0) is 29.6. The summed E-state index contributed by atoms with van der Waals surface area (Å²) in [6.45, 7) is 10.7. The number of halogens is 1. The van der Waals surface area contributed by atoms with Gasteiger partial charge in [-0.05, 0) is 40.2 Å². The molecule has 0 spiro atoms. The van der Waals surface area contributed by atoms with Gasteiger partial charge in [-0.3, -0.25) is 0 Å². The lowest BCUT2D eigenvalue weighted by atomic mass is 10.0. The van der Waals surface area contributed by atoms with Gasteiger partial charge in [0.05, 0.1) is 37.1 Å². The van der Waals surface area contributed by atoms with Gasteiger partial charge in [0.1, 0.15) is 0 Å². The SMILES string of the molecule is CC[C@@H](Br)C1C[C@@H](O[Si](c2ccccc2)(c2ccccc2)C(C)(C)C)[C@@H](C[C@H]2O[C@@H]2CCCOCc2ccccc2)O1. The van der Waals surface area contributed by atoms with Gasteiger partial charge < -0.3 is 18.6 Å². The van der Waals surface area contributed by atoms with Gasteiger partial charge in [-0.2, -0.15) is 0 Å². The zero-order valence-corrected chi connectivity index (χ0v) is 28.2. The first-order valence-electron chi connectivity index (χ1n) is 15.7. The first kappa shape index (κ1) is 31.6. The fourth-order valence-electron chi connectivity index (χ4n) is 6.51. The van der Waals surface area contributed by atoms with Gasteiger partial charge in [-0.25, -0.2) is 0 Å². The second-order valence-electron chi connectivity index (χ2n) is 12.8. The largest absolute Gasteiger partial charge is 0.402 e. The summed E-state index contributed by atoms with van der Waals surface area (Å²) >= 11 is 3.91. The molecular weight excluding hydrogens is 604 g/mol. The molecule has 2 aliphatic heterocycles. The second kappa shape index (κ2) is 14.3. The second-order valence-corrected chi connectivity index (χ2v) is 18.3. The Morgan fingerprint density at radius 1 is 0.833 bits per heavy atom. The van der Waals surface area contributed by atoms with Crippen LogP contribution in [0.5, 0.6) is 0 Å². The van der Waals surface area contributed by atoms with Gasteiger partial charge in [-0.1, -0.05) is 135 Å². The molecule has 3 aromatic rings. The molecular formula is C36H47BrO4Si. The van der Waals surface area contributed by atoms with E-state index < -0.39 is 8.32 Å². The van der Waals surface area contributed by atoms with E-state index in [-0.39, 0.29) is 35.6 Å². The van der Waals surface area contributed by atoms with E-state index in [1.807, 2.05) is 6.07 Å². The highest BCUT2D eigenvalue weighted by Gasteiger charge is 2.55. The lowest BCUT2D eigenvalue weighted by Crippen LogP contribution is -2.68. The van der Waals surface area contributed by atoms with Crippen LogP contribution in [0.15, 0.2) is 91.0 Å². The van der Waals surface area contributed by atoms with Gasteiger partial charge in [0.2, 0.25) is 0 Å². The zero-order valence-electron chi connectivity index (χ0n) is 25.6. The summed E-state index contributed by atoms with van der Waals surface area (Å²) in [5, 5.41) is 2.55. The van der Waals surface area contributed by atoms with Crippen LogP contribution in [0.2, 0.25) is 5.04 Å². The van der Waals surface area contributed by atoms with Crippen molar-refractivity contribution in [3.63, 3.8) is 0 Å². The summed E-state index contributed by atoms with van der Waals surface area (Å²) in [6.07, 6.45) is 5.47. The van der Waals surface area contributed by atoms with Crippen LogP contribution in [0.25, 0.3) is 0 Å². The normalized spacial score (nSPS) is 24.9. The molecule has 2 fully saturated rings. The monoisotopic (exact) mass is 650 g/mol. The smallest absolute Gasteiger partial charge is 0.261 e. The van der Waals surface area contributed by atoms with Crippen LogP contribution in [0, 0.1) is 0 Å². The molecule has 2 aliphatic rings. The Kier molecular flexibility index (Phi) is 10.8. The Labute approximate surface area is 262 Å². The molecule has 0 aromatic heterocycles. The number of benzene rings is 3. The molecule has 0 N–H and O–H groups in total. The van der Waals surface area contributed by atoms with Crippen molar-refractivity contribution in [2.24, 2.45) is 0 Å². The van der Waals surface area contributed by atoms with Crippen molar-refractivity contribution in [3.05, 3.63) is 96.6 Å². The van der Waals surface area contributed by atoms with E-state index in [0.29, 0.717) is 11.4 Å². The molecule has 0 radical (unpaired) electrons. The maximum absolute atomic E-state index is 7.61. The molecule has 6 heteroatoms. The lowest BCUT2D eigenvalue weighted by molar-refractivity contribution is 0.00558. The van der Waals surface area contributed by atoms with Crippen LogP contribution in [0.4, 0.5) is 0 Å². The number of hydrogen-bond acceptors (Lipinski definition) is 4. The fourth-order valence-corrected chi connectivity index (χ4v) is 11.6. The summed E-state index contributed by atoms with van der Waals surface area (Å²) < 4.78 is 26.5. The van der Waals surface area contributed by atoms with Crippen molar-refractivity contribution in [2.75, 3.05) is 6.61 Å². The van der Waals surface area contributed by atoms with E-state index in [0.717, 1.165) is 38.7 Å². The van der Waals surface area contributed by atoms with Crippen molar-refractivity contribution in [1.82, 2.24) is 0 Å². The van der Waals surface area contributed by atoms with Crippen LogP contribution in [0.3, 0.4) is 0 Å². The molecule has 3 aromatic carbocycles. The van der Waals surface area contributed by atoms with Crippen molar-refractivity contribution in [2.45, 2.75) is 107 Å². The van der Waals surface area contributed by atoms with Crippen molar-refractivity contribution in [3.8, 4) is 0 Å². The Balaban J connectivity index is 1.28. The molecule has 6 atom stereocenters. The minimum Gasteiger partial charge on any atom is -0.402 e. The summed E-state index contributed by atoms with van der Waals surface area (Å²) in [5.74, 6) is 0. The molecule has 2 saturated heterocycles. The highest BCUT2D eigenvalue weighted by molar-refractivity contribution is 9.09. The maximum Gasteiger partial charge on any atom is 0.261 e. The third-order valence-corrected chi connectivity index (χ3v) is 15.1. The van der Waals surface area contributed by atoms with E-state index in [2.05, 4.69) is 129 Å². The molecule has 0 bridgehead atoms. The Morgan fingerprint density at radius 3 is 2.00 bits per heavy atom. The average Bonchev–Trinajstić information content (AvgIpc) is 3.63. The summed E-state index contributed by atoms with van der Waals surface area (Å²) in [4.78, 5) is 0.311. The quantitative estimate of drug-likeness (QED) is 0.0788. The van der Waals surface area contributed by atoms with Crippen LogP contribution in [-0.4, -0.2) is 50.3 Å². The highest BCUT2D eigenvalue weighted by atomic mass is 79.9. The first-order valence-corrected chi connectivity index (χ1v) is 18.5. The standard InChI is InChI=1S/C36H47BrO4Si/c1-5-30(37)32-24-35(34(40-32)25-33-31(39-33)22-15-23-38-26-27-16-9-6-10-17-27)41-42(36(2,3)4,28-18-11-7-12-19-28)29-20-13-8-14-21-29/h6-14,16-21,30-35H,5,15,22-26H2,1-4H3/t30-,31-,32?,33-,34-,35-/m1/s1. The van der Waals surface area contributed by atoms with Crippen LogP contribution < -0.4 is 10.4 Å².